The topological polar surface area (TPSA) is 72.2 Å². The first-order valence-corrected chi connectivity index (χ1v) is 6.34. The minimum atomic E-state index is -0.760. The Labute approximate surface area is 116 Å². The second kappa shape index (κ2) is 4.26. The number of nitro benzene ring substituents is 1. The van der Waals surface area contributed by atoms with Crippen LogP contribution in [-0.2, 0) is 0 Å². The van der Waals surface area contributed by atoms with Gasteiger partial charge >= 0.3 is 0 Å². The van der Waals surface area contributed by atoms with Crippen LogP contribution in [0, 0.1) is 26.8 Å². The van der Waals surface area contributed by atoms with Crippen LogP contribution < -0.4 is 5.32 Å². The molecule has 1 aromatic rings. The van der Waals surface area contributed by atoms with E-state index in [-0.39, 0.29) is 28.1 Å². The molecule has 0 heterocycles. The zero-order valence-corrected chi connectivity index (χ0v) is 11.9. The highest BCUT2D eigenvalue weighted by molar-refractivity contribution is 5.95. The van der Waals surface area contributed by atoms with Crippen molar-refractivity contribution in [1.29, 1.82) is 0 Å². The predicted molar refractivity (Wildman–Crippen MR) is 71.9 cm³/mol. The summed E-state index contributed by atoms with van der Waals surface area (Å²) in [4.78, 5) is 22.1. The summed E-state index contributed by atoms with van der Waals surface area (Å²) in [6, 6.07) is 2.86. The highest BCUT2D eigenvalue weighted by Gasteiger charge is 2.65. The van der Waals surface area contributed by atoms with Crippen LogP contribution in [0.4, 0.5) is 10.1 Å². The zero-order chi connectivity index (χ0) is 15.3. The largest absolute Gasteiger partial charge is 0.348 e. The average Bonchev–Trinajstić information content (AvgIpc) is 2.71. The summed E-state index contributed by atoms with van der Waals surface area (Å²) in [7, 11) is 0. The van der Waals surface area contributed by atoms with E-state index in [2.05, 4.69) is 5.32 Å². The van der Waals surface area contributed by atoms with Gasteiger partial charge in [-0.1, -0.05) is 27.7 Å². The quantitative estimate of drug-likeness (QED) is 0.683. The fourth-order valence-electron chi connectivity index (χ4n) is 2.57. The smallest absolute Gasteiger partial charge is 0.270 e. The molecule has 1 amide bonds. The molecule has 0 aromatic heterocycles. The van der Waals surface area contributed by atoms with E-state index in [1.54, 1.807) is 0 Å². The van der Waals surface area contributed by atoms with Gasteiger partial charge in [-0.2, -0.15) is 0 Å². The molecule has 0 atom stereocenters. The number of rotatable bonds is 3. The number of hydrogen-bond donors (Lipinski definition) is 1. The lowest BCUT2D eigenvalue weighted by Crippen LogP contribution is -2.30. The number of benzene rings is 1. The Morgan fingerprint density at radius 3 is 2.30 bits per heavy atom. The van der Waals surface area contributed by atoms with Crippen LogP contribution in [0.1, 0.15) is 38.1 Å². The molecule has 1 aliphatic carbocycles. The fraction of sp³-hybridized carbons (Fsp3) is 0.500. The number of carbonyl (C=O) groups is 1. The van der Waals surface area contributed by atoms with Crippen LogP contribution in [0.25, 0.3) is 0 Å². The number of hydrogen-bond acceptors (Lipinski definition) is 3. The van der Waals surface area contributed by atoms with E-state index in [4.69, 9.17) is 0 Å². The molecule has 0 saturated heterocycles. The van der Waals surface area contributed by atoms with E-state index in [1.807, 2.05) is 27.7 Å². The van der Waals surface area contributed by atoms with Crippen LogP contribution in [0.15, 0.2) is 18.2 Å². The highest BCUT2D eigenvalue weighted by Crippen LogP contribution is 2.62. The highest BCUT2D eigenvalue weighted by atomic mass is 19.1. The summed E-state index contributed by atoms with van der Waals surface area (Å²) < 4.78 is 13.7. The molecule has 0 radical (unpaired) electrons. The van der Waals surface area contributed by atoms with Crippen molar-refractivity contribution in [3.63, 3.8) is 0 Å². The molecular formula is C14H17FN2O3. The van der Waals surface area contributed by atoms with Gasteiger partial charge in [-0.15, -0.1) is 0 Å². The number of nitrogens with zero attached hydrogens (tertiary/aromatic N) is 1. The van der Waals surface area contributed by atoms with Crippen molar-refractivity contribution in [3.8, 4) is 0 Å². The van der Waals surface area contributed by atoms with Crippen molar-refractivity contribution in [1.82, 2.24) is 5.32 Å². The maximum Gasteiger partial charge on any atom is 0.270 e. The molecule has 1 aromatic carbocycles. The molecular weight excluding hydrogens is 263 g/mol. The normalized spacial score (nSPS) is 19.4. The van der Waals surface area contributed by atoms with Crippen LogP contribution in [0.3, 0.4) is 0 Å². The standard InChI is InChI=1S/C14H17FN2O3/c1-13(2)12(14(13,3)4)16-11(18)9-7-8(17(19)20)5-6-10(9)15/h5-7,12H,1-4H3,(H,16,18). The van der Waals surface area contributed by atoms with E-state index < -0.39 is 16.6 Å². The van der Waals surface area contributed by atoms with Gasteiger partial charge in [0, 0.05) is 18.2 Å². The third kappa shape index (κ3) is 2.05. The molecule has 1 fully saturated rings. The Kier molecular flexibility index (Phi) is 3.07. The van der Waals surface area contributed by atoms with Gasteiger partial charge in [0.25, 0.3) is 11.6 Å². The van der Waals surface area contributed by atoms with Crippen molar-refractivity contribution < 1.29 is 14.1 Å². The van der Waals surface area contributed by atoms with Gasteiger partial charge in [0.1, 0.15) is 5.82 Å². The van der Waals surface area contributed by atoms with Gasteiger partial charge < -0.3 is 5.32 Å². The maximum atomic E-state index is 13.7. The molecule has 1 aliphatic rings. The second-order valence-electron chi connectivity index (χ2n) is 6.27. The summed E-state index contributed by atoms with van der Waals surface area (Å²) in [6.45, 7) is 8.06. The van der Waals surface area contributed by atoms with Crippen LogP contribution in [-0.4, -0.2) is 16.9 Å². The molecule has 6 heteroatoms. The number of nitrogens with one attached hydrogen (secondary N) is 1. The predicted octanol–water partition coefficient (Wildman–Crippen LogP) is 2.90. The molecule has 2 rings (SSSR count). The lowest BCUT2D eigenvalue weighted by Gasteiger charge is -2.07. The van der Waals surface area contributed by atoms with Crippen molar-refractivity contribution in [2.24, 2.45) is 10.8 Å². The molecule has 1 N–H and O–H groups in total. The number of halogens is 1. The van der Waals surface area contributed by atoms with E-state index in [9.17, 15) is 19.3 Å². The summed E-state index contributed by atoms with van der Waals surface area (Å²) in [5.41, 5.74) is -0.761. The third-order valence-corrected chi connectivity index (χ3v) is 4.70. The van der Waals surface area contributed by atoms with Gasteiger partial charge in [-0.25, -0.2) is 4.39 Å². The van der Waals surface area contributed by atoms with Gasteiger partial charge in [0.05, 0.1) is 10.5 Å². The third-order valence-electron chi connectivity index (χ3n) is 4.70. The number of non-ortho nitro benzene ring substituents is 1. The Balaban J connectivity index is 2.23. The van der Waals surface area contributed by atoms with E-state index in [0.717, 1.165) is 18.2 Å². The Morgan fingerprint density at radius 2 is 1.85 bits per heavy atom. The van der Waals surface area contributed by atoms with Crippen molar-refractivity contribution in [3.05, 3.63) is 39.7 Å². The molecule has 1 saturated carbocycles. The van der Waals surface area contributed by atoms with Crippen molar-refractivity contribution >= 4 is 11.6 Å². The number of carbonyl (C=O) groups excluding carboxylic acids is 1. The summed E-state index contributed by atoms with van der Waals surface area (Å²) >= 11 is 0. The Morgan fingerprint density at radius 1 is 1.30 bits per heavy atom. The van der Waals surface area contributed by atoms with Gasteiger partial charge in [0.2, 0.25) is 0 Å². The molecule has 0 aliphatic heterocycles. The molecule has 0 spiro atoms. The van der Waals surface area contributed by atoms with Crippen LogP contribution >= 0.6 is 0 Å². The minimum Gasteiger partial charge on any atom is -0.348 e. The van der Waals surface area contributed by atoms with Gasteiger partial charge in [0.15, 0.2) is 0 Å². The number of nitro groups is 1. The monoisotopic (exact) mass is 280 g/mol. The first-order chi connectivity index (χ1) is 9.09. The summed E-state index contributed by atoms with van der Waals surface area (Å²) in [6.07, 6.45) is 0. The molecule has 0 unspecified atom stereocenters. The van der Waals surface area contributed by atoms with Crippen LogP contribution in [0.2, 0.25) is 0 Å². The molecule has 0 bridgehead atoms. The SMILES string of the molecule is CC1(C)C(NC(=O)c2cc([N+](=O)[O-])ccc2F)C1(C)C. The first-order valence-electron chi connectivity index (χ1n) is 6.34. The van der Waals surface area contributed by atoms with Crippen molar-refractivity contribution in [2.45, 2.75) is 33.7 Å². The molecule has 108 valence electrons. The maximum absolute atomic E-state index is 13.7. The second-order valence-corrected chi connectivity index (χ2v) is 6.27. The van der Waals surface area contributed by atoms with Crippen molar-refractivity contribution in [2.75, 3.05) is 0 Å². The lowest BCUT2D eigenvalue weighted by molar-refractivity contribution is -0.384. The zero-order valence-electron chi connectivity index (χ0n) is 11.9. The van der Waals surface area contributed by atoms with E-state index in [0.29, 0.717) is 0 Å². The van der Waals surface area contributed by atoms with E-state index in [1.165, 1.54) is 0 Å². The molecule has 20 heavy (non-hydrogen) atoms. The summed E-state index contributed by atoms with van der Waals surface area (Å²) in [5, 5.41) is 13.4. The Bertz CT molecular complexity index is 582. The molecule has 5 nitrogen and oxygen atoms in total. The minimum absolute atomic E-state index is 0.0823. The van der Waals surface area contributed by atoms with Crippen LogP contribution in [0.5, 0.6) is 0 Å². The van der Waals surface area contributed by atoms with Gasteiger partial charge in [-0.05, 0) is 16.9 Å². The lowest BCUT2D eigenvalue weighted by atomic mass is 10.0. The van der Waals surface area contributed by atoms with E-state index >= 15 is 0 Å². The van der Waals surface area contributed by atoms with Gasteiger partial charge in [-0.3, -0.25) is 14.9 Å². The first kappa shape index (κ1) is 14.4. The fourth-order valence-corrected chi connectivity index (χ4v) is 2.57. The number of amides is 1. The summed E-state index contributed by atoms with van der Waals surface area (Å²) in [5.74, 6) is -1.38. The average molecular weight is 280 g/mol. The Hall–Kier alpha value is -1.98.